The quantitative estimate of drug-likeness (QED) is 0.679. The van der Waals surface area contributed by atoms with Gasteiger partial charge in [-0.1, -0.05) is 24.8 Å². The van der Waals surface area contributed by atoms with Gasteiger partial charge in [0.25, 0.3) is 5.91 Å². The van der Waals surface area contributed by atoms with Gasteiger partial charge in [0.05, 0.1) is 0 Å². The summed E-state index contributed by atoms with van der Waals surface area (Å²) in [6.45, 7) is 4.73. The third-order valence-electron chi connectivity index (χ3n) is 1.74. The summed E-state index contributed by atoms with van der Waals surface area (Å²) in [5, 5.41) is 0. The van der Waals surface area contributed by atoms with Crippen LogP contribution in [0.3, 0.4) is 0 Å². The molecule has 1 aromatic carbocycles. The van der Waals surface area contributed by atoms with Gasteiger partial charge in [0.2, 0.25) is 5.78 Å². The van der Waals surface area contributed by atoms with Gasteiger partial charge in [-0.15, -0.1) is 0 Å². The van der Waals surface area contributed by atoms with Crippen LogP contribution in [0.1, 0.15) is 6.92 Å². The first-order valence-corrected chi connectivity index (χ1v) is 4.18. The second-order valence-corrected chi connectivity index (χ2v) is 2.75. The van der Waals surface area contributed by atoms with E-state index in [1.807, 2.05) is 6.07 Å². The lowest BCUT2D eigenvalue weighted by Crippen LogP contribution is -2.30. The minimum atomic E-state index is -0.578. The maximum Gasteiger partial charge on any atom is 0.298 e. The topological polar surface area (TPSA) is 37.4 Å². The normalized spacial score (nSPS) is 9.21. The van der Waals surface area contributed by atoms with Crippen LogP contribution in [0.5, 0.6) is 0 Å². The first kappa shape index (κ1) is 10.2. The van der Waals surface area contributed by atoms with E-state index in [9.17, 15) is 9.59 Å². The highest BCUT2D eigenvalue weighted by molar-refractivity contribution is 6.40. The van der Waals surface area contributed by atoms with Crippen molar-refractivity contribution in [1.29, 1.82) is 0 Å². The fraction of sp³-hybridized carbons (Fsp3) is 0.0909. The van der Waals surface area contributed by atoms with Gasteiger partial charge in [-0.05, 0) is 12.1 Å². The summed E-state index contributed by atoms with van der Waals surface area (Å²) >= 11 is 0. The van der Waals surface area contributed by atoms with Gasteiger partial charge < -0.3 is 0 Å². The van der Waals surface area contributed by atoms with Crippen LogP contribution in [-0.2, 0) is 9.59 Å². The van der Waals surface area contributed by atoms with E-state index >= 15 is 0 Å². The van der Waals surface area contributed by atoms with Crippen molar-refractivity contribution in [3.63, 3.8) is 0 Å². The Kier molecular flexibility index (Phi) is 3.18. The maximum absolute atomic E-state index is 11.4. The van der Waals surface area contributed by atoms with Crippen LogP contribution >= 0.6 is 0 Å². The number of hydrogen-bond donors (Lipinski definition) is 0. The van der Waals surface area contributed by atoms with Crippen LogP contribution in [0.4, 0.5) is 5.69 Å². The third-order valence-corrected chi connectivity index (χ3v) is 1.74. The van der Waals surface area contributed by atoms with Gasteiger partial charge in [0, 0.05) is 18.8 Å². The highest BCUT2D eigenvalue weighted by Gasteiger charge is 2.16. The van der Waals surface area contributed by atoms with E-state index in [2.05, 4.69) is 6.58 Å². The molecule has 3 heteroatoms. The predicted molar refractivity (Wildman–Crippen MR) is 54.8 cm³/mol. The highest BCUT2D eigenvalue weighted by atomic mass is 16.2. The average Bonchev–Trinajstić information content (AvgIpc) is 2.20. The molecule has 0 saturated carbocycles. The number of hydrogen-bond acceptors (Lipinski definition) is 2. The van der Waals surface area contributed by atoms with Crippen LogP contribution in [0.2, 0.25) is 0 Å². The summed E-state index contributed by atoms with van der Waals surface area (Å²) in [5.74, 6) is -1.08. The molecule has 0 spiro atoms. The lowest BCUT2D eigenvalue weighted by Gasteiger charge is -2.15. The molecule has 0 N–H and O–H groups in total. The van der Waals surface area contributed by atoms with Crippen LogP contribution in [-0.4, -0.2) is 11.7 Å². The molecule has 0 atom stereocenters. The molecule has 3 nitrogen and oxygen atoms in total. The van der Waals surface area contributed by atoms with Crippen LogP contribution < -0.4 is 4.90 Å². The van der Waals surface area contributed by atoms with Crippen molar-refractivity contribution in [2.45, 2.75) is 6.92 Å². The van der Waals surface area contributed by atoms with E-state index in [4.69, 9.17) is 0 Å². The molecule has 1 rings (SSSR count). The molecule has 0 aromatic heterocycles. The summed E-state index contributed by atoms with van der Waals surface area (Å²) < 4.78 is 0. The molecule has 0 bridgehead atoms. The van der Waals surface area contributed by atoms with Crippen LogP contribution in [0.15, 0.2) is 43.1 Å². The SMILES string of the molecule is C=CN(C(=O)C(C)=O)c1ccccc1. The van der Waals surface area contributed by atoms with Crippen molar-refractivity contribution < 1.29 is 9.59 Å². The van der Waals surface area contributed by atoms with Crippen molar-refractivity contribution in [1.82, 2.24) is 0 Å². The van der Waals surface area contributed by atoms with Gasteiger partial charge in [-0.25, -0.2) is 0 Å². The Bertz CT molecular complexity index is 357. The molecule has 0 aliphatic heterocycles. The van der Waals surface area contributed by atoms with Gasteiger partial charge in [-0.3, -0.25) is 14.5 Å². The van der Waals surface area contributed by atoms with E-state index in [-0.39, 0.29) is 0 Å². The summed E-state index contributed by atoms with van der Waals surface area (Å²) in [6, 6.07) is 8.90. The molecule has 72 valence electrons. The molecular weight excluding hydrogens is 178 g/mol. The Morgan fingerprint density at radius 1 is 1.29 bits per heavy atom. The second kappa shape index (κ2) is 4.37. The number of carbonyl (C=O) groups excluding carboxylic acids is 2. The molecule has 1 aromatic rings. The second-order valence-electron chi connectivity index (χ2n) is 2.75. The number of rotatable bonds is 3. The fourth-order valence-corrected chi connectivity index (χ4v) is 1.06. The van der Waals surface area contributed by atoms with Gasteiger partial charge in [-0.2, -0.15) is 0 Å². The van der Waals surface area contributed by atoms with E-state index in [1.54, 1.807) is 24.3 Å². The van der Waals surface area contributed by atoms with Crippen molar-refractivity contribution in [2.75, 3.05) is 4.90 Å². The maximum atomic E-state index is 11.4. The minimum Gasteiger partial charge on any atom is -0.289 e. The third kappa shape index (κ3) is 2.07. The number of ketones is 1. The molecule has 0 heterocycles. The molecule has 0 unspecified atom stereocenters. The molecule has 14 heavy (non-hydrogen) atoms. The molecule has 0 aliphatic rings. The summed E-state index contributed by atoms with van der Waals surface area (Å²) in [5.41, 5.74) is 0.641. The number of anilines is 1. The van der Waals surface area contributed by atoms with E-state index < -0.39 is 11.7 Å². The Morgan fingerprint density at radius 3 is 2.29 bits per heavy atom. The van der Waals surface area contributed by atoms with E-state index in [1.165, 1.54) is 18.0 Å². The first-order chi connectivity index (χ1) is 6.66. The number of amides is 1. The van der Waals surface area contributed by atoms with Crippen molar-refractivity contribution in [3.8, 4) is 0 Å². The molecule has 0 saturated heterocycles. The van der Waals surface area contributed by atoms with E-state index in [0.29, 0.717) is 5.69 Å². The van der Waals surface area contributed by atoms with Crippen molar-refractivity contribution >= 4 is 17.4 Å². The largest absolute Gasteiger partial charge is 0.298 e. The molecular formula is C11H11NO2. The number of para-hydroxylation sites is 1. The lowest BCUT2D eigenvalue weighted by molar-refractivity contribution is -0.134. The zero-order chi connectivity index (χ0) is 10.6. The average molecular weight is 189 g/mol. The molecule has 0 aliphatic carbocycles. The Labute approximate surface area is 82.6 Å². The van der Waals surface area contributed by atoms with Crippen molar-refractivity contribution in [2.24, 2.45) is 0 Å². The number of Topliss-reactive ketones (excluding diaryl/α,β-unsaturated/α-hetero) is 1. The number of carbonyl (C=O) groups is 2. The fourth-order valence-electron chi connectivity index (χ4n) is 1.06. The zero-order valence-electron chi connectivity index (χ0n) is 7.93. The number of nitrogens with zero attached hydrogens (tertiary/aromatic N) is 1. The smallest absolute Gasteiger partial charge is 0.289 e. The molecule has 0 fully saturated rings. The Balaban J connectivity index is 2.99. The van der Waals surface area contributed by atoms with Crippen LogP contribution in [0.25, 0.3) is 0 Å². The molecule has 0 radical (unpaired) electrons. The first-order valence-electron chi connectivity index (χ1n) is 4.18. The number of benzene rings is 1. The van der Waals surface area contributed by atoms with Gasteiger partial charge in [0.15, 0.2) is 0 Å². The minimum absolute atomic E-state index is 0.506. The van der Waals surface area contributed by atoms with Gasteiger partial charge >= 0.3 is 0 Å². The van der Waals surface area contributed by atoms with Crippen LogP contribution in [0, 0.1) is 0 Å². The Morgan fingerprint density at radius 2 is 1.86 bits per heavy atom. The summed E-state index contributed by atoms with van der Waals surface area (Å²) in [6.07, 6.45) is 1.33. The standard InChI is InChI=1S/C11H11NO2/c1-3-12(11(14)9(2)13)10-7-5-4-6-8-10/h3-8H,1H2,2H3. The zero-order valence-corrected chi connectivity index (χ0v) is 7.93. The summed E-state index contributed by atoms with van der Waals surface area (Å²) in [7, 11) is 0. The monoisotopic (exact) mass is 189 g/mol. The predicted octanol–water partition coefficient (Wildman–Crippen LogP) is 1.75. The van der Waals surface area contributed by atoms with E-state index in [0.717, 1.165) is 0 Å². The summed E-state index contributed by atoms with van der Waals surface area (Å²) in [4.78, 5) is 23.5. The van der Waals surface area contributed by atoms with Gasteiger partial charge in [0.1, 0.15) is 0 Å². The molecule has 1 amide bonds. The highest BCUT2D eigenvalue weighted by Crippen LogP contribution is 2.13. The lowest BCUT2D eigenvalue weighted by atomic mass is 10.2. The van der Waals surface area contributed by atoms with Crippen molar-refractivity contribution in [3.05, 3.63) is 43.1 Å². The Hall–Kier alpha value is -1.90.